The average molecular weight is 365 g/mol. The second-order valence-corrected chi connectivity index (χ2v) is 6.86. The Labute approximate surface area is 153 Å². The van der Waals surface area contributed by atoms with Crippen LogP contribution in [0.25, 0.3) is 21.9 Å². The van der Waals surface area contributed by atoms with Gasteiger partial charge < -0.3 is 9.72 Å². The number of aromatic amines is 1. The number of carbonyl (C=O) groups is 1. The van der Waals surface area contributed by atoms with E-state index in [0.717, 1.165) is 10.4 Å². The van der Waals surface area contributed by atoms with Crippen LogP contribution in [0.15, 0.2) is 29.1 Å². The summed E-state index contributed by atoms with van der Waals surface area (Å²) in [4.78, 5) is 32.6. The molecule has 130 valence electrons. The topological polar surface area (TPSA) is 95.8 Å². The van der Waals surface area contributed by atoms with Crippen molar-refractivity contribution in [2.24, 2.45) is 0 Å². The van der Waals surface area contributed by atoms with Crippen LogP contribution in [0.1, 0.15) is 32.2 Å². The third-order valence-corrected chi connectivity index (χ3v) is 5.16. The molecule has 2 heterocycles. The van der Waals surface area contributed by atoms with Crippen LogP contribution in [-0.2, 0) is 4.74 Å². The molecule has 1 aromatic carbocycles. The largest absolute Gasteiger partial charge is 0.465 e. The Morgan fingerprint density at radius 2 is 2.00 bits per heavy atom. The van der Waals surface area contributed by atoms with E-state index in [9.17, 15) is 14.9 Å². The Morgan fingerprint density at radius 3 is 2.62 bits per heavy atom. The molecule has 0 aliphatic rings. The van der Waals surface area contributed by atoms with Crippen LogP contribution < -0.4 is 5.56 Å². The Balaban J connectivity index is 2.05. The zero-order valence-electron chi connectivity index (χ0n) is 14.4. The number of ether oxygens (including phenoxy) is 1. The predicted molar refractivity (Wildman–Crippen MR) is 101 cm³/mol. The Kier molecular flexibility index (Phi) is 4.69. The highest BCUT2D eigenvalue weighted by Crippen LogP contribution is 2.27. The van der Waals surface area contributed by atoms with Gasteiger partial charge in [-0.05, 0) is 43.2 Å². The van der Waals surface area contributed by atoms with Gasteiger partial charge in [0.15, 0.2) is 5.82 Å². The van der Waals surface area contributed by atoms with Crippen molar-refractivity contribution in [3.63, 3.8) is 0 Å². The number of hydrogen-bond acceptors (Lipinski definition) is 6. The summed E-state index contributed by atoms with van der Waals surface area (Å²) in [6.07, 6.45) is 1.61. The summed E-state index contributed by atoms with van der Waals surface area (Å²) in [6.45, 7) is 3.82. The maximum atomic E-state index is 12.4. The Hall–Kier alpha value is -3.24. The number of esters is 1. The molecule has 2 aromatic heterocycles. The molecule has 7 heteroatoms. The molecular formula is C19H15N3O3S. The molecule has 0 aliphatic heterocycles. The van der Waals surface area contributed by atoms with E-state index in [4.69, 9.17) is 0 Å². The van der Waals surface area contributed by atoms with Crippen LogP contribution in [0.2, 0.25) is 0 Å². The molecule has 0 unspecified atom stereocenters. The van der Waals surface area contributed by atoms with Gasteiger partial charge in [-0.1, -0.05) is 12.1 Å². The number of allylic oxidation sites excluding steroid dienone is 1. The molecule has 0 aliphatic carbocycles. The van der Waals surface area contributed by atoms with Crippen LogP contribution in [0.3, 0.4) is 0 Å². The van der Waals surface area contributed by atoms with Crippen molar-refractivity contribution in [2.75, 3.05) is 7.11 Å². The Bertz CT molecular complexity index is 1130. The van der Waals surface area contributed by atoms with Gasteiger partial charge in [0, 0.05) is 4.88 Å². The summed E-state index contributed by atoms with van der Waals surface area (Å²) in [7, 11) is 1.32. The summed E-state index contributed by atoms with van der Waals surface area (Å²) < 4.78 is 4.66. The number of nitrogens with zero attached hydrogens (tertiary/aromatic N) is 2. The van der Waals surface area contributed by atoms with Gasteiger partial charge in [-0.3, -0.25) is 4.79 Å². The van der Waals surface area contributed by atoms with E-state index in [1.165, 1.54) is 18.4 Å². The fourth-order valence-electron chi connectivity index (χ4n) is 2.54. The minimum Gasteiger partial charge on any atom is -0.465 e. The summed E-state index contributed by atoms with van der Waals surface area (Å²) in [5.74, 6) is -0.204. The standard InChI is InChI=1S/C19H15N3O3S/c1-10-11(2)26-18-15(10)17(23)21-16(22-18)14(9-20)8-12-4-6-13(7-5-12)19(24)25-3/h4-8H,1-3H3,(H,21,22,23)/b14-8+. The number of carbonyl (C=O) groups excluding carboxylic acids is 1. The first kappa shape index (κ1) is 17.6. The number of aromatic nitrogens is 2. The average Bonchev–Trinajstić information content (AvgIpc) is 2.93. The van der Waals surface area contributed by atoms with Crippen LogP contribution in [-0.4, -0.2) is 23.0 Å². The van der Waals surface area contributed by atoms with Crippen molar-refractivity contribution < 1.29 is 9.53 Å². The number of fused-ring (bicyclic) bond motifs is 1. The third-order valence-electron chi connectivity index (χ3n) is 4.06. The molecule has 0 saturated carbocycles. The molecule has 0 fully saturated rings. The van der Waals surface area contributed by atoms with Gasteiger partial charge in [-0.25, -0.2) is 9.78 Å². The van der Waals surface area contributed by atoms with Gasteiger partial charge in [0.2, 0.25) is 0 Å². The number of nitriles is 1. The van der Waals surface area contributed by atoms with Gasteiger partial charge in [-0.15, -0.1) is 11.3 Å². The maximum Gasteiger partial charge on any atom is 0.337 e. The van der Waals surface area contributed by atoms with Crippen LogP contribution in [0.4, 0.5) is 0 Å². The van der Waals surface area contributed by atoms with E-state index in [-0.39, 0.29) is 17.0 Å². The van der Waals surface area contributed by atoms with Gasteiger partial charge in [-0.2, -0.15) is 5.26 Å². The van der Waals surface area contributed by atoms with Crippen molar-refractivity contribution in [3.05, 3.63) is 62.0 Å². The zero-order chi connectivity index (χ0) is 18.8. The smallest absolute Gasteiger partial charge is 0.337 e. The van der Waals surface area contributed by atoms with E-state index in [2.05, 4.69) is 20.8 Å². The van der Waals surface area contributed by atoms with Gasteiger partial charge in [0.25, 0.3) is 5.56 Å². The summed E-state index contributed by atoms with van der Waals surface area (Å²) >= 11 is 1.43. The van der Waals surface area contributed by atoms with Crippen LogP contribution in [0.5, 0.6) is 0 Å². The fourth-order valence-corrected chi connectivity index (χ4v) is 3.57. The highest BCUT2D eigenvalue weighted by molar-refractivity contribution is 7.18. The maximum absolute atomic E-state index is 12.4. The lowest BCUT2D eigenvalue weighted by molar-refractivity contribution is 0.0600. The summed E-state index contributed by atoms with van der Waals surface area (Å²) in [5.41, 5.74) is 2.01. The number of benzene rings is 1. The van der Waals surface area contributed by atoms with E-state index in [1.54, 1.807) is 30.3 Å². The molecule has 0 bridgehead atoms. The first-order valence-corrected chi connectivity index (χ1v) is 8.56. The first-order valence-electron chi connectivity index (χ1n) is 7.75. The quantitative estimate of drug-likeness (QED) is 0.566. The minimum atomic E-state index is -0.430. The van der Waals surface area contributed by atoms with Crippen molar-refractivity contribution >= 4 is 39.2 Å². The molecule has 26 heavy (non-hydrogen) atoms. The predicted octanol–water partition coefficient (Wildman–Crippen LogP) is 3.45. The number of rotatable bonds is 3. The molecule has 1 N–H and O–H groups in total. The van der Waals surface area contributed by atoms with E-state index in [1.807, 2.05) is 13.8 Å². The molecule has 3 aromatic rings. The number of methoxy groups -OCH3 is 1. The number of hydrogen-bond donors (Lipinski definition) is 1. The molecule has 6 nitrogen and oxygen atoms in total. The highest BCUT2D eigenvalue weighted by Gasteiger charge is 2.14. The van der Waals surface area contributed by atoms with Crippen molar-refractivity contribution in [1.82, 2.24) is 9.97 Å². The van der Waals surface area contributed by atoms with Crippen LogP contribution in [0, 0.1) is 25.2 Å². The monoisotopic (exact) mass is 365 g/mol. The van der Waals surface area contributed by atoms with E-state index in [0.29, 0.717) is 21.3 Å². The second kappa shape index (κ2) is 6.94. The van der Waals surface area contributed by atoms with Crippen LogP contribution >= 0.6 is 11.3 Å². The summed E-state index contributed by atoms with van der Waals surface area (Å²) in [6, 6.07) is 8.68. The molecule has 0 spiro atoms. The third kappa shape index (κ3) is 3.15. The fraction of sp³-hybridized carbons (Fsp3) is 0.158. The van der Waals surface area contributed by atoms with Gasteiger partial charge in [0.1, 0.15) is 10.9 Å². The van der Waals surface area contributed by atoms with Crippen molar-refractivity contribution in [3.8, 4) is 6.07 Å². The highest BCUT2D eigenvalue weighted by atomic mass is 32.1. The molecule has 0 amide bonds. The first-order chi connectivity index (χ1) is 12.4. The minimum absolute atomic E-state index is 0.225. The number of thiophene rings is 1. The SMILES string of the molecule is COC(=O)c1ccc(/C=C(\C#N)c2nc3sc(C)c(C)c3c(=O)[nH]2)cc1. The lowest BCUT2D eigenvalue weighted by Crippen LogP contribution is -2.10. The molecular weight excluding hydrogens is 350 g/mol. The lowest BCUT2D eigenvalue weighted by atomic mass is 10.1. The van der Waals surface area contributed by atoms with Gasteiger partial charge >= 0.3 is 5.97 Å². The molecule has 0 radical (unpaired) electrons. The molecule has 0 atom stereocenters. The normalized spacial score (nSPS) is 11.4. The van der Waals surface area contributed by atoms with Crippen molar-refractivity contribution in [1.29, 1.82) is 5.26 Å². The van der Waals surface area contributed by atoms with E-state index < -0.39 is 5.97 Å². The summed E-state index contributed by atoms with van der Waals surface area (Å²) in [5, 5.41) is 10.1. The lowest BCUT2D eigenvalue weighted by Gasteiger charge is -2.02. The zero-order valence-corrected chi connectivity index (χ0v) is 15.2. The Morgan fingerprint density at radius 1 is 1.31 bits per heavy atom. The molecule has 3 rings (SSSR count). The van der Waals surface area contributed by atoms with Crippen molar-refractivity contribution in [2.45, 2.75) is 13.8 Å². The molecule has 0 saturated heterocycles. The van der Waals surface area contributed by atoms with E-state index >= 15 is 0 Å². The number of aryl methyl sites for hydroxylation is 2. The second-order valence-electron chi connectivity index (χ2n) is 5.66. The number of H-pyrrole nitrogens is 1. The number of nitrogens with one attached hydrogen (secondary N) is 1. The van der Waals surface area contributed by atoms with Gasteiger partial charge in [0.05, 0.1) is 23.6 Å².